The maximum absolute atomic E-state index is 13.0. The number of carbonyl (C=O) groups is 2. The Hall–Kier alpha value is -2.86. The lowest BCUT2D eigenvalue weighted by atomic mass is 10.0. The first kappa shape index (κ1) is 21.4. The van der Waals surface area contributed by atoms with Crippen LogP contribution >= 0.6 is 0 Å². The Bertz CT molecular complexity index is 894. The number of nitrogens with zero attached hydrogens (tertiary/aromatic N) is 2. The maximum Gasteiger partial charge on any atom is 0.254 e. The third-order valence-electron chi connectivity index (χ3n) is 6.32. The molecule has 2 aromatic rings. The molecule has 1 unspecified atom stereocenters. The molecule has 1 atom stereocenters. The normalized spacial score (nSPS) is 19.9. The molecule has 6 nitrogen and oxygen atoms in total. The molecule has 164 valence electrons. The van der Waals surface area contributed by atoms with Crippen molar-refractivity contribution in [1.82, 2.24) is 15.1 Å². The smallest absolute Gasteiger partial charge is 0.254 e. The topological polar surface area (TPSA) is 61.9 Å². The van der Waals surface area contributed by atoms with Gasteiger partial charge in [0, 0.05) is 37.8 Å². The Morgan fingerprint density at radius 1 is 1.00 bits per heavy atom. The second-order valence-electron chi connectivity index (χ2n) is 8.43. The van der Waals surface area contributed by atoms with Gasteiger partial charge in [-0.25, -0.2) is 0 Å². The Labute approximate surface area is 184 Å². The molecular formula is C25H31N3O3. The number of likely N-dealkylation sites (tertiary alicyclic amines) is 2. The van der Waals surface area contributed by atoms with Crippen LogP contribution < -0.4 is 10.1 Å². The largest absolute Gasteiger partial charge is 0.497 e. The highest BCUT2D eigenvalue weighted by Crippen LogP contribution is 2.23. The van der Waals surface area contributed by atoms with Gasteiger partial charge in [0.05, 0.1) is 7.11 Å². The molecule has 2 aliphatic rings. The Balaban J connectivity index is 1.30. The quantitative estimate of drug-likeness (QED) is 0.779. The van der Waals surface area contributed by atoms with Crippen LogP contribution in [-0.2, 0) is 11.3 Å². The summed E-state index contributed by atoms with van der Waals surface area (Å²) >= 11 is 0. The van der Waals surface area contributed by atoms with Crippen LogP contribution in [0.3, 0.4) is 0 Å². The van der Waals surface area contributed by atoms with E-state index in [9.17, 15) is 9.59 Å². The van der Waals surface area contributed by atoms with Gasteiger partial charge in [0.25, 0.3) is 5.91 Å². The zero-order chi connectivity index (χ0) is 21.6. The molecule has 2 heterocycles. The van der Waals surface area contributed by atoms with Crippen LogP contribution in [0.1, 0.15) is 41.6 Å². The van der Waals surface area contributed by atoms with Gasteiger partial charge in [0.15, 0.2) is 0 Å². The van der Waals surface area contributed by atoms with E-state index in [0.717, 1.165) is 38.9 Å². The lowest BCUT2D eigenvalue weighted by Gasteiger charge is -2.33. The van der Waals surface area contributed by atoms with E-state index >= 15 is 0 Å². The van der Waals surface area contributed by atoms with Crippen molar-refractivity contribution in [2.75, 3.05) is 26.7 Å². The zero-order valence-electron chi connectivity index (χ0n) is 18.1. The summed E-state index contributed by atoms with van der Waals surface area (Å²) in [6.07, 6.45) is 3.45. The second kappa shape index (κ2) is 9.96. The zero-order valence-corrected chi connectivity index (χ0v) is 18.1. The fourth-order valence-corrected chi connectivity index (χ4v) is 4.58. The first-order valence-electron chi connectivity index (χ1n) is 11.2. The van der Waals surface area contributed by atoms with E-state index in [0.29, 0.717) is 24.3 Å². The molecule has 0 aliphatic carbocycles. The van der Waals surface area contributed by atoms with E-state index in [-0.39, 0.29) is 23.9 Å². The molecule has 2 aliphatic heterocycles. The van der Waals surface area contributed by atoms with Crippen molar-refractivity contribution in [1.29, 1.82) is 0 Å². The number of piperidine rings is 1. The first-order valence-corrected chi connectivity index (χ1v) is 11.2. The number of methoxy groups -OCH3 is 1. The second-order valence-corrected chi connectivity index (χ2v) is 8.43. The molecule has 1 N–H and O–H groups in total. The third-order valence-corrected chi connectivity index (χ3v) is 6.32. The minimum Gasteiger partial charge on any atom is -0.497 e. The van der Waals surface area contributed by atoms with Crippen LogP contribution in [0.2, 0.25) is 0 Å². The lowest BCUT2D eigenvalue weighted by molar-refractivity contribution is -0.125. The van der Waals surface area contributed by atoms with Gasteiger partial charge in [-0.1, -0.05) is 36.4 Å². The van der Waals surface area contributed by atoms with E-state index in [1.165, 1.54) is 5.56 Å². The van der Waals surface area contributed by atoms with E-state index in [1.807, 2.05) is 12.1 Å². The highest BCUT2D eigenvalue weighted by molar-refractivity contribution is 5.98. The molecule has 0 bridgehead atoms. The van der Waals surface area contributed by atoms with Gasteiger partial charge in [0.2, 0.25) is 5.91 Å². The monoisotopic (exact) mass is 421 g/mol. The molecular weight excluding hydrogens is 390 g/mol. The molecule has 0 saturated carbocycles. The molecule has 31 heavy (non-hydrogen) atoms. The van der Waals surface area contributed by atoms with Crippen LogP contribution in [0.25, 0.3) is 0 Å². The molecule has 0 aromatic heterocycles. The van der Waals surface area contributed by atoms with Crippen molar-refractivity contribution in [3.8, 4) is 5.75 Å². The standard InChI is InChI=1S/C25H31N3O3/c1-31-22-10-5-9-20(17-22)25(30)28-14-6-11-23(28)24(29)26-21-12-15-27(16-13-21)18-19-7-3-2-4-8-19/h2-5,7-10,17,21,23H,6,11-16,18H2,1H3,(H,26,29). The molecule has 0 spiro atoms. The van der Waals surface area contributed by atoms with Crippen molar-refractivity contribution in [2.24, 2.45) is 0 Å². The molecule has 0 radical (unpaired) electrons. The molecule has 2 saturated heterocycles. The van der Waals surface area contributed by atoms with E-state index in [1.54, 1.807) is 30.2 Å². The summed E-state index contributed by atoms with van der Waals surface area (Å²) in [4.78, 5) is 30.2. The fraction of sp³-hybridized carbons (Fsp3) is 0.440. The summed E-state index contributed by atoms with van der Waals surface area (Å²) in [5.41, 5.74) is 1.89. The summed E-state index contributed by atoms with van der Waals surface area (Å²) in [5.74, 6) is 0.526. The summed E-state index contributed by atoms with van der Waals surface area (Å²) in [6, 6.07) is 17.4. The Kier molecular flexibility index (Phi) is 6.87. The Morgan fingerprint density at radius 3 is 2.52 bits per heavy atom. The van der Waals surface area contributed by atoms with Gasteiger partial charge in [-0.2, -0.15) is 0 Å². The van der Waals surface area contributed by atoms with Crippen molar-refractivity contribution < 1.29 is 14.3 Å². The van der Waals surface area contributed by atoms with Gasteiger partial charge in [-0.3, -0.25) is 14.5 Å². The first-order chi connectivity index (χ1) is 15.1. The molecule has 4 rings (SSSR count). The third kappa shape index (κ3) is 5.25. The van der Waals surface area contributed by atoms with Crippen LogP contribution in [0.5, 0.6) is 5.75 Å². The van der Waals surface area contributed by atoms with E-state index < -0.39 is 0 Å². The van der Waals surface area contributed by atoms with Gasteiger partial charge < -0.3 is 15.0 Å². The number of amides is 2. The van der Waals surface area contributed by atoms with Crippen molar-refractivity contribution >= 4 is 11.8 Å². The predicted octanol–water partition coefficient (Wildman–Crippen LogP) is 3.08. The van der Waals surface area contributed by atoms with Crippen LogP contribution in [-0.4, -0.2) is 60.4 Å². The van der Waals surface area contributed by atoms with Crippen molar-refractivity contribution in [3.05, 3.63) is 65.7 Å². The minimum absolute atomic E-state index is 0.0183. The SMILES string of the molecule is COc1cccc(C(=O)N2CCCC2C(=O)NC2CCN(Cc3ccccc3)CC2)c1. The number of ether oxygens (including phenoxy) is 1. The van der Waals surface area contributed by atoms with Gasteiger partial charge in [-0.05, 0) is 49.4 Å². The molecule has 2 fully saturated rings. The number of rotatable bonds is 6. The molecule has 6 heteroatoms. The summed E-state index contributed by atoms with van der Waals surface area (Å²) < 4.78 is 5.23. The summed E-state index contributed by atoms with van der Waals surface area (Å²) in [5, 5.41) is 3.22. The van der Waals surface area contributed by atoms with Gasteiger partial charge in [0.1, 0.15) is 11.8 Å². The Morgan fingerprint density at radius 2 is 1.77 bits per heavy atom. The highest BCUT2D eigenvalue weighted by atomic mass is 16.5. The molecule has 2 amide bonds. The number of carbonyl (C=O) groups excluding carboxylic acids is 2. The number of hydrogen-bond donors (Lipinski definition) is 1. The fourth-order valence-electron chi connectivity index (χ4n) is 4.58. The van der Waals surface area contributed by atoms with Crippen LogP contribution in [0, 0.1) is 0 Å². The lowest BCUT2D eigenvalue weighted by Crippen LogP contribution is -2.51. The van der Waals surface area contributed by atoms with Crippen molar-refractivity contribution in [2.45, 2.75) is 44.3 Å². The molecule has 2 aromatic carbocycles. The van der Waals surface area contributed by atoms with Gasteiger partial charge in [-0.15, -0.1) is 0 Å². The van der Waals surface area contributed by atoms with Crippen LogP contribution in [0.4, 0.5) is 0 Å². The number of hydrogen-bond acceptors (Lipinski definition) is 4. The number of nitrogens with one attached hydrogen (secondary N) is 1. The summed E-state index contributed by atoms with van der Waals surface area (Å²) in [7, 11) is 1.58. The predicted molar refractivity (Wildman–Crippen MR) is 120 cm³/mol. The highest BCUT2D eigenvalue weighted by Gasteiger charge is 2.35. The van der Waals surface area contributed by atoms with Gasteiger partial charge >= 0.3 is 0 Å². The average molecular weight is 422 g/mol. The van der Waals surface area contributed by atoms with E-state index in [4.69, 9.17) is 4.74 Å². The van der Waals surface area contributed by atoms with Crippen LogP contribution in [0.15, 0.2) is 54.6 Å². The van der Waals surface area contributed by atoms with Crippen molar-refractivity contribution in [3.63, 3.8) is 0 Å². The number of benzene rings is 2. The average Bonchev–Trinajstić information content (AvgIpc) is 3.31. The summed E-state index contributed by atoms with van der Waals surface area (Å²) in [6.45, 7) is 3.50. The maximum atomic E-state index is 13.0. The van der Waals surface area contributed by atoms with E-state index in [2.05, 4.69) is 34.5 Å². The minimum atomic E-state index is -0.388.